The number of aryl methyl sites for hydroxylation is 1. The average molecular weight is 378 g/mol. The zero-order chi connectivity index (χ0) is 19.5. The average Bonchev–Trinajstić information content (AvgIpc) is 3.23. The van der Waals surface area contributed by atoms with Crippen LogP contribution < -0.4 is 14.8 Å². The van der Waals surface area contributed by atoms with Gasteiger partial charge in [-0.2, -0.15) is 0 Å². The second kappa shape index (κ2) is 7.97. The third-order valence-corrected chi connectivity index (χ3v) is 5.31. The van der Waals surface area contributed by atoms with Gasteiger partial charge in [-0.25, -0.2) is 0 Å². The normalized spacial score (nSPS) is 15.4. The van der Waals surface area contributed by atoms with Gasteiger partial charge in [0.1, 0.15) is 11.5 Å². The van der Waals surface area contributed by atoms with Crippen molar-refractivity contribution in [2.24, 2.45) is 0 Å². The van der Waals surface area contributed by atoms with Crippen LogP contribution in [0.5, 0.6) is 11.5 Å². The number of hydrogen-bond acceptors (Lipinski definition) is 3. The van der Waals surface area contributed by atoms with Crippen LogP contribution >= 0.6 is 0 Å². The van der Waals surface area contributed by atoms with Crippen LogP contribution in [0.4, 0.5) is 0 Å². The predicted molar refractivity (Wildman–Crippen MR) is 110 cm³/mol. The number of H-pyrrole nitrogens is 1. The van der Waals surface area contributed by atoms with E-state index >= 15 is 0 Å². The molecule has 1 unspecified atom stereocenters. The highest BCUT2D eigenvalue weighted by molar-refractivity contribution is 5.87. The smallest absolute Gasteiger partial charge is 0.220 e. The van der Waals surface area contributed by atoms with Gasteiger partial charge in [0.2, 0.25) is 5.91 Å². The van der Waals surface area contributed by atoms with Crippen LogP contribution in [0.15, 0.2) is 42.5 Å². The number of rotatable bonds is 7. The Morgan fingerprint density at radius 2 is 1.93 bits per heavy atom. The van der Waals surface area contributed by atoms with Crippen LogP contribution in [-0.4, -0.2) is 30.6 Å². The highest BCUT2D eigenvalue weighted by Gasteiger charge is 2.26. The summed E-state index contributed by atoms with van der Waals surface area (Å²) < 4.78 is 11.0. The van der Waals surface area contributed by atoms with Gasteiger partial charge in [0.05, 0.1) is 13.7 Å². The van der Waals surface area contributed by atoms with Crippen molar-refractivity contribution < 1.29 is 14.3 Å². The van der Waals surface area contributed by atoms with E-state index in [1.165, 1.54) is 22.2 Å². The van der Waals surface area contributed by atoms with Crippen molar-refractivity contribution in [3.63, 3.8) is 0 Å². The molecule has 0 aliphatic heterocycles. The highest BCUT2D eigenvalue weighted by atomic mass is 16.5. The number of methoxy groups -OCH3 is 1. The molecule has 1 heterocycles. The number of ether oxygens (including phenoxy) is 2. The molecule has 1 amide bonds. The predicted octanol–water partition coefficient (Wildman–Crippen LogP) is 3.93. The molecule has 4 rings (SSSR count). The summed E-state index contributed by atoms with van der Waals surface area (Å²) in [6.07, 6.45) is 2.88. The molecule has 0 saturated carbocycles. The number of benzene rings is 2. The van der Waals surface area contributed by atoms with Gasteiger partial charge in [-0.3, -0.25) is 4.79 Å². The quantitative estimate of drug-likeness (QED) is 0.613. The molecule has 1 aliphatic rings. The number of aromatic amines is 1. The zero-order valence-corrected chi connectivity index (χ0v) is 16.4. The molecule has 0 bridgehead atoms. The van der Waals surface area contributed by atoms with Gasteiger partial charge in [0.25, 0.3) is 0 Å². The van der Waals surface area contributed by atoms with Gasteiger partial charge in [-0.15, -0.1) is 0 Å². The molecule has 0 fully saturated rings. The SMILES string of the molecule is COc1ccc2[nH]c3c(c2c1)CC(NC(=O)CCCOc1ccc(C)cc1)C3. The molecule has 2 aromatic carbocycles. The maximum absolute atomic E-state index is 12.3. The first-order valence-corrected chi connectivity index (χ1v) is 9.78. The van der Waals surface area contributed by atoms with Crippen molar-refractivity contribution >= 4 is 16.8 Å². The lowest BCUT2D eigenvalue weighted by Gasteiger charge is -2.13. The first-order chi connectivity index (χ1) is 13.6. The summed E-state index contributed by atoms with van der Waals surface area (Å²) in [5.74, 6) is 1.79. The molecule has 1 atom stereocenters. The van der Waals surface area contributed by atoms with Gasteiger partial charge >= 0.3 is 0 Å². The molecular formula is C23H26N2O3. The van der Waals surface area contributed by atoms with E-state index in [1.54, 1.807) is 7.11 Å². The Morgan fingerprint density at radius 1 is 1.14 bits per heavy atom. The maximum Gasteiger partial charge on any atom is 0.220 e. The van der Waals surface area contributed by atoms with E-state index in [2.05, 4.69) is 16.4 Å². The van der Waals surface area contributed by atoms with Gasteiger partial charge < -0.3 is 19.8 Å². The fourth-order valence-electron chi connectivity index (χ4n) is 3.84. The van der Waals surface area contributed by atoms with E-state index in [0.29, 0.717) is 19.4 Å². The van der Waals surface area contributed by atoms with Crippen LogP contribution in [0.3, 0.4) is 0 Å². The standard InChI is InChI=1S/C23H26N2O3/c1-15-5-7-17(8-6-15)28-11-3-4-23(26)24-16-12-19-20-14-18(27-2)9-10-21(20)25-22(19)13-16/h5-10,14,16,25H,3-4,11-13H2,1-2H3,(H,24,26). The second-order valence-corrected chi connectivity index (χ2v) is 7.43. The van der Waals surface area contributed by atoms with Crippen LogP contribution in [0.25, 0.3) is 10.9 Å². The van der Waals surface area contributed by atoms with Gasteiger partial charge in [-0.05, 0) is 55.7 Å². The molecule has 146 valence electrons. The van der Waals surface area contributed by atoms with Crippen molar-refractivity contribution in [2.75, 3.05) is 13.7 Å². The molecular weight excluding hydrogens is 352 g/mol. The molecule has 3 aromatic rings. The lowest BCUT2D eigenvalue weighted by Crippen LogP contribution is -2.35. The molecule has 0 spiro atoms. The van der Waals surface area contributed by atoms with Crippen LogP contribution in [0.1, 0.15) is 29.7 Å². The topological polar surface area (TPSA) is 63.3 Å². The Morgan fingerprint density at radius 3 is 2.71 bits per heavy atom. The van der Waals surface area contributed by atoms with Crippen molar-refractivity contribution in [3.8, 4) is 11.5 Å². The maximum atomic E-state index is 12.3. The van der Waals surface area contributed by atoms with E-state index in [-0.39, 0.29) is 11.9 Å². The molecule has 0 saturated heterocycles. The fraction of sp³-hybridized carbons (Fsp3) is 0.348. The summed E-state index contributed by atoms with van der Waals surface area (Å²) in [5, 5.41) is 4.36. The number of carbonyl (C=O) groups is 1. The van der Waals surface area contributed by atoms with E-state index in [4.69, 9.17) is 9.47 Å². The van der Waals surface area contributed by atoms with E-state index in [0.717, 1.165) is 29.9 Å². The minimum Gasteiger partial charge on any atom is -0.497 e. The van der Waals surface area contributed by atoms with Gasteiger partial charge in [0, 0.05) is 35.5 Å². The monoisotopic (exact) mass is 378 g/mol. The Kier molecular flexibility index (Phi) is 5.24. The molecule has 5 nitrogen and oxygen atoms in total. The summed E-state index contributed by atoms with van der Waals surface area (Å²) in [7, 11) is 1.68. The third kappa shape index (κ3) is 3.98. The zero-order valence-electron chi connectivity index (χ0n) is 16.4. The summed E-state index contributed by atoms with van der Waals surface area (Å²) >= 11 is 0. The third-order valence-electron chi connectivity index (χ3n) is 5.31. The molecule has 1 aliphatic carbocycles. The van der Waals surface area contributed by atoms with Crippen LogP contribution in [-0.2, 0) is 17.6 Å². The Balaban J connectivity index is 1.25. The molecule has 0 radical (unpaired) electrons. The summed E-state index contributed by atoms with van der Waals surface area (Å²) in [5.41, 5.74) is 4.85. The van der Waals surface area contributed by atoms with E-state index in [9.17, 15) is 4.79 Å². The first kappa shape index (κ1) is 18.4. The number of aromatic nitrogens is 1. The Bertz CT molecular complexity index is 975. The number of fused-ring (bicyclic) bond motifs is 3. The van der Waals surface area contributed by atoms with Crippen molar-refractivity contribution in [3.05, 3.63) is 59.3 Å². The van der Waals surface area contributed by atoms with Crippen LogP contribution in [0, 0.1) is 6.92 Å². The number of carbonyl (C=O) groups excluding carboxylic acids is 1. The number of nitrogens with one attached hydrogen (secondary N) is 2. The largest absolute Gasteiger partial charge is 0.497 e. The summed E-state index contributed by atoms with van der Waals surface area (Å²) in [6.45, 7) is 2.59. The van der Waals surface area contributed by atoms with Gasteiger partial charge in [-0.1, -0.05) is 17.7 Å². The summed E-state index contributed by atoms with van der Waals surface area (Å²) in [4.78, 5) is 15.8. The van der Waals surface area contributed by atoms with E-state index < -0.39 is 0 Å². The van der Waals surface area contributed by atoms with Crippen molar-refractivity contribution in [2.45, 2.75) is 38.6 Å². The molecule has 2 N–H and O–H groups in total. The van der Waals surface area contributed by atoms with E-state index in [1.807, 2.05) is 43.3 Å². The lowest BCUT2D eigenvalue weighted by atomic mass is 10.1. The number of amides is 1. The molecule has 28 heavy (non-hydrogen) atoms. The fourth-order valence-corrected chi connectivity index (χ4v) is 3.84. The Labute approximate surface area is 165 Å². The number of hydrogen-bond donors (Lipinski definition) is 2. The summed E-state index contributed by atoms with van der Waals surface area (Å²) in [6, 6.07) is 14.2. The van der Waals surface area contributed by atoms with Gasteiger partial charge in [0.15, 0.2) is 0 Å². The minimum absolute atomic E-state index is 0.0875. The molecule has 1 aromatic heterocycles. The lowest BCUT2D eigenvalue weighted by molar-refractivity contribution is -0.121. The van der Waals surface area contributed by atoms with Crippen LogP contribution in [0.2, 0.25) is 0 Å². The van der Waals surface area contributed by atoms with Crippen molar-refractivity contribution in [1.29, 1.82) is 0 Å². The minimum atomic E-state index is 0.0875. The second-order valence-electron chi connectivity index (χ2n) is 7.43. The first-order valence-electron chi connectivity index (χ1n) is 9.78. The Hall–Kier alpha value is -2.95. The highest BCUT2D eigenvalue weighted by Crippen LogP contribution is 2.32. The van der Waals surface area contributed by atoms with Crippen molar-refractivity contribution in [1.82, 2.24) is 10.3 Å². The molecule has 5 heteroatoms.